The van der Waals surface area contributed by atoms with Gasteiger partial charge in [-0.15, -0.1) is 0 Å². The van der Waals surface area contributed by atoms with E-state index in [1.165, 1.54) is 6.33 Å². The number of ether oxygens (including phenoxy) is 1. The number of nitrogens with zero attached hydrogens (tertiary/aromatic N) is 6. The molecular formula is C28H32N8O2. The standard InChI is InChI=1S/C28H32N8O2/c1-18(21-5-4-6-22-23(27(37)29-2)7-10-30-26(21)22)14-31-25-13-24(34-17-35-25)19-15-32-28(33-16-19)38-20-8-11-36(3)12-9-20/h4-7,10,13,15-18,20H,8-9,11-12,14H2,1-3H3,(H,29,37)(H,31,34,35). The molecule has 5 rings (SSSR count). The van der Waals surface area contributed by atoms with E-state index in [9.17, 15) is 4.79 Å². The molecule has 0 radical (unpaired) electrons. The van der Waals surface area contributed by atoms with Gasteiger partial charge in [0.05, 0.1) is 16.8 Å². The first-order valence-corrected chi connectivity index (χ1v) is 12.8. The summed E-state index contributed by atoms with van der Waals surface area (Å²) in [4.78, 5) is 36.8. The average molecular weight is 513 g/mol. The molecule has 1 amide bonds. The van der Waals surface area contributed by atoms with Crippen LogP contribution in [0.4, 0.5) is 5.82 Å². The summed E-state index contributed by atoms with van der Waals surface area (Å²) in [5, 5.41) is 6.94. The number of amides is 1. The van der Waals surface area contributed by atoms with E-state index in [1.54, 1.807) is 31.7 Å². The molecule has 1 fully saturated rings. The quantitative estimate of drug-likeness (QED) is 0.365. The SMILES string of the molecule is CNC(=O)c1ccnc2c(C(C)CNc3cc(-c4cnc(OC5CCN(C)CC5)nc4)ncn3)cccc12. The van der Waals surface area contributed by atoms with E-state index in [-0.39, 0.29) is 17.9 Å². The molecular weight excluding hydrogens is 480 g/mol. The molecule has 10 nitrogen and oxygen atoms in total. The molecule has 4 aromatic rings. The molecule has 0 bridgehead atoms. The first-order chi connectivity index (χ1) is 18.5. The van der Waals surface area contributed by atoms with Crippen LogP contribution in [0.2, 0.25) is 0 Å². The molecule has 0 aliphatic carbocycles. The first-order valence-electron chi connectivity index (χ1n) is 12.8. The molecule has 1 aromatic carbocycles. The number of hydrogen-bond donors (Lipinski definition) is 2. The minimum absolute atomic E-state index is 0.115. The van der Waals surface area contributed by atoms with Crippen molar-refractivity contribution >= 4 is 22.6 Å². The van der Waals surface area contributed by atoms with Crippen molar-refractivity contribution in [3.8, 4) is 17.3 Å². The molecule has 3 aromatic heterocycles. The second kappa shape index (κ2) is 11.5. The number of carbonyl (C=O) groups is 1. The van der Waals surface area contributed by atoms with Crippen molar-refractivity contribution in [3.05, 3.63) is 66.4 Å². The van der Waals surface area contributed by atoms with Crippen molar-refractivity contribution in [2.24, 2.45) is 0 Å². The lowest BCUT2D eigenvalue weighted by atomic mass is 9.96. The Morgan fingerprint density at radius 1 is 1.11 bits per heavy atom. The van der Waals surface area contributed by atoms with Gasteiger partial charge in [-0.3, -0.25) is 9.78 Å². The van der Waals surface area contributed by atoms with Crippen molar-refractivity contribution in [1.29, 1.82) is 0 Å². The van der Waals surface area contributed by atoms with Gasteiger partial charge in [-0.2, -0.15) is 0 Å². The number of para-hydroxylation sites is 1. The van der Waals surface area contributed by atoms with Gasteiger partial charge in [0.2, 0.25) is 0 Å². The Hall–Kier alpha value is -4.18. The second-order valence-corrected chi connectivity index (χ2v) is 9.63. The summed E-state index contributed by atoms with van der Waals surface area (Å²) < 4.78 is 5.96. The van der Waals surface area contributed by atoms with Gasteiger partial charge in [0.25, 0.3) is 5.91 Å². The van der Waals surface area contributed by atoms with Crippen LogP contribution in [0, 0.1) is 0 Å². The monoisotopic (exact) mass is 512 g/mol. The van der Waals surface area contributed by atoms with Crippen LogP contribution < -0.4 is 15.4 Å². The molecule has 2 N–H and O–H groups in total. The number of nitrogens with one attached hydrogen (secondary N) is 2. The molecule has 0 spiro atoms. The Bertz CT molecular complexity index is 1400. The molecule has 4 heterocycles. The number of anilines is 1. The molecule has 0 saturated carbocycles. The van der Waals surface area contributed by atoms with Gasteiger partial charge in [0, 0.05) is 68.2 Å². The van der Waals surface area contributed by atoms with E-state index in [4.69, 9.17) is 4.74 Å². The normalized spacial score (nSPS) is 15.2. The number of fused-ring (bicyclic) bond motifs is 1. The number of aromatic nitrogens is 5. The van der Waals surface area contributed by atoms with E-state index in [0.717, 1.165) is 53.7 Å². The van der Waals surface area contributed by atoms with Crippen molar-refractivity contribution in [1.82, 2.24) is 35.1 Å². The van der Waals surface area contributed by atoms with Crippen molar-refractivity contribution in [2.45, 2.75) is 31.8 Å². The Morgan fingerprint density at radius 3 is 2.66 bits per heavy atom. The fourth-order valence-corrected chi connectivity index (χ4v) is 4.67. The highest BCUT2D eigenvalue weighted by Gasteiger charge is 2.19. The largest absolute Gasteiger partial charge is 0.460 e. The number of hydrogen-bond acceptors (Lipinski definition) is 9. The lowest BCUT2D eigenvalue weighted by molar-refractivity contribution is 0.0964. The highest BCUT2D eigenvalue weighted by atomic mass is 16.5. The Morgan fingerprint density at radius 2 is 1.89 bits per heavy atom. The molecule has 38 heavy (non-hydrogen) atoms. The summed E-state index contributed by atoms with van der Waals surface area (Å²) in [5.74, 6) is 0.691. The number of benzene rings is 1. The second-order valence-electron chi connectivity index (χ2n) is 9.63. The number of carbonyl (C=O) groups excluding carboxylic acids is 1. The van der Waals surface area contributed by atoms with E-state index in [1.807, 2.05) is 24.3 Å². The van der Waals surface area contributed by atoms with Crippen LogP contribution in [0.3, 0.4) is 0 Å². The average Bonchev–Trinajstić information content (AvgIpc) is 2.96. The minimum atomic E-state index is -0.126. The lowest BCUT2D eigenvalue weighted by Crippen LogP contribution is -2.35. The highest BCUT2D eigenvalue weighted by Crippen LogP contribution is 2.27. The molecule has 1 atom stereocenters. The van der Waals surface area contributed by atoms with E-state index in [2.05, 4.69) is 54.4 Å². The van der Waals surface area contributed by atoms with Crippen molar-refractivity contribution in [2.75, 3.05) is 39.0 Å². The van der Waals surface area contributed by atoms with Crippen molar-refractivity contribution in [3.63, 3.8) is 0 Å². The maximum Gasteiger partial charge on any atom is 0.316 e. The molecule has 10 heteroatoms. The molecule has 196 valence electrons. The van der Waals surface area contributed by atoms with Crippen LogP contribution in [-0.4, -0.2) is 75.6 Å². The topological polar surface area (TPSA) is 118 Å². The Kier molecular flexibility index (Phi) is 7.69. The Balaban J connectivity index is 1.25. The smallest absolute Gasteiger partial charge is 0.316 e. The van der Waals surface area contributed by atoms with Gasteiger partial charge in [0.1, 0.15) is 18.2 Å². The number of pyridine rings is 1. The summed E-state index contributed by atoms with van der Waals surface area (Å²) >= 11 is 0. The molecule has 1 saturated heterocycles. The zero-order valence-corrected chi connectivity index (χ0v) is 21.9. The Labute approximate surface area is 221 Å². The lowest BCUT2D eigenvalue weighted by Gasteiger charge is -2.28. The first kappa shape index (κ1) is 25.5. The number of piperidine rings is 1. The van der Waals surface area contributed by atoms with Crippen LogP contribution >= 0.6 is 0 Å². The van der Waals surface area contributed by atoms with E-state index >= 15 is 0 Å². The zero-order chi connectivity index (χ0) is 26.5. The van der Waals surface area contributed by atoms with Gasteiger partial charge in [-0.1, -0.05) is 25.1 Å². The fourth-order valence-electron chi connectivity index (χ4n) is 4.67. The van der Waals surface area contributed by atoms with Gasteiger partial charge in [-0.05, 0) is 31.5 Å². The van der Waals surface area contributed by atoms with Gasteiger partial charge in [0.15, 0.2) is 0 Å². The fraction of sp³-hybridized carbons (Fsp3) is 0.357. The summed E-state index contributed by atoms with van der Waals surface area (Å²) in [6.45, 7) is 4.79. The number of rotatable bonds is 8. The number of likely N-dealkylation sites (tertiary alicyclic amines) is 1. The summed E-state index contributed by atoms with van der Waals surface area (Å²) in [6, 6.07) is 9.96. The van der Waals surface area contributed by atoms with Crippen LogP contribution in [0.15, 0.2) is 55.2 Å². The zero-order valence-electron chi connectivity index (χ0n) is 21.9. The summed E-state index contributed by atoms with van der Waals surface area (Å²) in [5.41, 5.74) is 4.02. The highest BCUT2D eigenvalue weighted by molar-refractivity contribution is 6.06. The molecule has 1 aliphatic heterocycles. The maximum absolute atomic E-state index is 12.3. The van der Waals surface area contributed by atoms with E-state index in [0.29, 0.717) is 23.9 Å². The van der Waals surface area contributed by atoms with Crippen LogP contribution in [0.1, 0.15) is 41.6 Å². The van der Waals surface area contributed by atoms with Gasteiger partial charge >= 0.3 is 6.01 Å². The van der Waals surface area contributed by atoms with Gasteiger partial charge in [-0.25, -0.2) is 19.9 Å². The molecule has 1 unspecified atom stereocenters. The van der Waals surface area contributed by atoms with E-state index < -0.39 is 0 Å². The third-order valence-corrected chi connectivity index (χ3v) is 6.92. The third kappa shape index (κ3) is 5.70. The van der Waals surface area contributed by atoms with Crippen LogP contribution in [0.25, 0.3) is 22.2 Å². The maximum atomic E-state index is 12.3. The van der Waals surface area contributed by atoms with Crippen molar-refractivity contribution < 1.29 is 9.53 Å². The predicted octanol–water partition coefficient (Wildman–Crippen LogP) is 3.53. The van der Waals surface area contributed by atoms with Crippen LogP contribution in [0.5, 0.6) is 6.01 Å². The van der Waals surface area contributed by atoms with Crippen LogP contribution in [-0.2, 0) is 0 Å². The summed E-state index contributed by atoms with van der Waals surface area (Å²) in [7, 11) is 3.75. The minimum Gasteiger partial charge on any atom is -0.460 e. The third-order valence-electron chi connectivity index (χ3n) is 6.92. The summed E-state index contributed by atoms with van der Waals surface area (Å²) in [6.07, 6.45) is 8.78. The predicted molar refractivity (Wildman–Crippen MR) is 146 cm³/mol. The van der Waals surface area contributed by atoms with Gasteiger partial charge < -0.3 is 20.3 Å². The molecule has 1 aliphatic rings.